The zero-order valence-electron chi connectivity index (χ0n) is 9.82. The largest absolute Gasteiger partial charge is 0.317 e. The van der Waals surface area contributed by atoms with Crippen LogP contribution in [0.1, 0.15) is 12.8 Å². The number of anilines is 1. The minimum absolute atomic E-state index is 0.139. The van der Waals surface area contributed by atoms with Crippen molar-refractivity contribution in [3.8, 4) is 0 Å². The molecule has 1 aromatic rings. The number of aromatic nitrogens is 1. The predicted octanol–water partition coefficient (Wildman–Crippen LogP) is 1.81. The number of carbonyl (C=O) groups is 1. The van der Waals surface area contributed by atoms with Crippen molar-refractivity contribution in [3.63, 3.8) is 0 Å². The molecule has 1 amide bonds. The fourth-order valence-corrected chi connectivity index (χ4v) is 2.41. The van der Waals surface area contributed by atoms with E-state index in [0.29, 0.717) is 0 Å². The van der Waals surface area contributed by atoms with Crippen molar-refractivity contribution in [2.24, 2.45) is 5.92 Å². The lowest BCUT2D eigenvalue weighted by atomic mass is 9.96. The SMILES string of the molecule is CN(C(=O)C1CCNCC1)c1cncc(Br)c1. The lowest BCUT2D eigenvalue weighted by molar-refractivity contribution is -0.122. The molecular weight excluding hydrogens is 282 g/mol. The van der Waals surface area contributed by atoms with Crippen LogP contribution < -0.4 is 10.2 Å². The Balaban J connectivity index is 2.08. The number of nitrogens with one attached hydrogen (secondary N) is 1. The first-order valence-electron chi connectivity index (χ1n) is 5.77. The molecule has 1 saturated heterocycles. The van der Waals surface area contributed by atoms with E-state index in [1.807, 2.05) is 13.1 Å². The third-order valence-corrected chi connectivity index (χ3v) is 3.53. The van der Waals surface area contributed by atoms with Crippen molar-refractivity contribution in [1.82, 2.24) is 10.3 Å². The molecule has 0 atom stereocenters. The van der Waals surface area contributed by atoms with Gasteiger partial charge in [0.1, 0.15) is 0 Å². The van der Waals surface area contributed by atoms with E-state index in [-0.39, 0.29) is 11.8 Å². The lowest BCUT2D eigenvalue weighted by Crippen LogP contribution is -2.39. The Morgan fingerprint density at radius 2 is 2.18 bits per heavy atom. The topological polar surface area (TPSA) is 45.2 Å². The molecular formula is C12H16BrN3O. The molecule has 1 N–H and O–H groups in total. The van der Waals surface area contributed by atoms with Gasteiger partial charge >= 0.3 is 0 Å². The molecule has 0 saturated carbocycles. The number of hydrogen-bond donors (Lipinski definition) is 1. The van der Waals surface area contributed by atoms with E-state index in [1.54, 1.807) is 17.3 Å². The smallest absolute Gasteiger partial charge is 0.229 e. The van der Waals surface area contributed by atoms with E-state index < -0.39 is 0 Å². The Bertz CT molecular complexity index is 404. The van der Waals surface area contributed by atoms with E-state index in [2.05, 4.69) is 26.2 Å². The van der Waals surface area contributed by atoms with Crippen molar-refractivity contribution in [1.29, 1.82) is 0 Å². The van der Waals surface area contributed by atoms with Crippen LogP contribution in [0.25, 0.3) is 0 Å². The second-order valence-corrected chi connectivity index (χ2v) is 5.20. The summed E-state index contributed by atoms with van der Waals surface area (Å²) in [6, 6.07) is 1.91. The first-order valence-corrected chi connectivity index (χ1v) is 6.56. The van der Waals surface area contributed by atoms with Gasteiger partial charge in [-0.25, -0.2) is 0 Å². The summed E-state index contributed by atoms with van der Waals surface area (Å²) in [5.74, 6) is 0.326. The van der Waals surface area contributed by atoms with Crippen molar-refractivity contribution in [2.45, 2.75) is 12.8 Å². The van der Waals surface area contributed by atoms with Crippen LogP contribution in [-0.4, -0.2) is 31.0 Å². The predicted molar refractivity (Wildman–Crippen MR) is 70.9 cm³/mol. The van der Waals surface area contributed by atoms with Gasteiger partial charge in [-0.15, -0.1) is 0 Å². The van der Waals surface area contributed by atoms with Gasteiger partial charge in [0, 0.05) is 23.6 Å². The maximum Gasteiger partial charge on any atom is 0.229 e. The zero-order valence-corrected chi connectivity index (χ0v) is 11.4. The summed E-state index contributed by atoms with van der Waals surface area (Å²) in [7, 11) is 1.81. The monoisotopic (exact) mass is 297 g/mol. The fraction of sp³-hybridized carbons (Fsp3) is 0.500. The van der Waals surface area contributed by atoms with Gasteiger partial charge in [0.05, 0.1) is 11.9 Å². The number of rotatable bonds is 2. The molecule has 2 heterocycles. The van der Waals surface area contributed by atoms with Gasteiger partial charge in [0.15, 0.2) is 0 Å². The standard InChI is InChI=1S/C12H16BrN3O/c1-16(11-6-10(13)7-15-8-11)12(17)9-2-4-14-5-3-9/h6-9,14H,2-5H2,1H3. The van der Waals surface area contributed by atoms with Crippen molar-refractivity contribution in [3.05, 3.63) is 22.9 Å². The number of amides is 1. The van der Waals surface area contributed by atoms with Crippen LogP contribution in [0, 0.1) is 5.92 Å². The Morgan fingerprint density at radius 1 is 1.47 bits per heavy atom. The molecule has 17 heavy (non-hydrogen) atoms. The van der Waals surface area contributed by atoms with Gasteiger partial charge in [-0.05, 0) is 47.9 Å². The molecule has 1 aliphatic heterocycles. The highest BCUT2D eigenvalue weighted by Gasteiger charge is 2.24. The van der Waals surface area contributed by atoms with E-state index >= 15 is 0 Å². The van der Waals surface area contributed by atoms with Crippen LogP contribution in [0.15, 0.2) is 22.9 Å². The molecule has 1 aromatic heterocycles. The Labute approximate surface area is 110 Å². The summed E-state index contributed by atoms with van der Waals surface area (Å²) >= 11 is 3.37. The van der Waals surface area contributed by atoms with Gasteiger partial charge < -0.3 is 10.2 Å². The number of pyridine rings is 1. The second-order valence-electron chi connectivity index (χ2n) is 4.28. The summed E-state index contributed by atoms with van der Waals surface area (Å²) in [5.41, 5.74) is 0.836. The molecule has 0 bridgehead atoms. The van der Waals surface area contributed by atoms with E-state index in [9.17, 15) is 4.79 Å². The van der Waals surface area contributed by atoms with Gasteiger partial charge in [0.25, 0.3) is 0 Å². The summed E-state index contributed by atoms with van der Waals surface area (Å²) in [6.07, 6.45) is 5.27. The minimum Gasteiger partial charge on any atom is -0.317 e. The molecule has 0 unspecified atom stereocenters. The van der Waals surface area contributed by atoms with Crippen molar-refractivity contribution in [2.75, 3.05) is 25.0 Å². The molecule has 0 aliphatic carbocycles. The molecule has 2 rings (SSSR count). The van der Waals surface area contributed by atoms with E-state index in [4.69, 9.17) is 0 Å². The molecule has 92 valence electrons. The molecule has 5 heteroatoms. The Kier molecular flexibility index (Phi) is 4.12. The number of nitrogens with zero attached hydrogens (tertiary/aromatic N) is 2. The summed E-state index contributed by atoms with van der Waals surface area (Å²) < 4.78 is 0.889. The van der Waals surface area contributed by atoms with E-state index in [0.717, 1.165) is 36.1 Å². The average molecular weight is 298 g/mol. The molecule has 1 aliphatic rings. The number of piperidine rings is 1. The van der Waals surface area contributed by atoms with Gasteiger partial charge in [-0.2, -0.15) is 0 Å². The Morgan fingerprint density at radius 3 is 2.82 bits per heavy atom. The summed E-state index contributed by atoms with van der Waals surface area (Å²) in [4.78, 5) is 18.0. The maximum absolute atomic E-state index is 12.3. The number of hydrogen-bond acceptors (Lipinski definition) is 3. The first kappa shape index (κ1) is 12.5. The van der Waals surface area contributed by atoms with Crippen LogP contribution in [0.2, 0.25) is 0 Å². The average Bonchev–Trinajstić information content (AvgIpc) is 2.38. The van der Waals surface area contributed by atoms with Crippen LogP contribution >= 0.6 is 15.9 Å². The molecule has 1 fully saturated rings. The first-order chi connectivity index (χ1) is 8.18. The van der Waals surface area contributed by atoms with E-state index in [1.165, 1.54) is 0 Å². The summed E-state index contributed by atoms with van der Waals surface area (Å²) in [6.45, 7) is 1.86. The molecule has 0 radical (unpaired) electrons. The summed E-state index contributed by atoms with van der Waals surface area (Å²) in [5, 5.41) is 3.27. The highest BCUT2D eigenvalue weighted by molar-refractivity contribution is 9.10. The second kappa shape index (κ2) is 5.60. The molecule has 0 spiro atoms. The van der Waals surface area contributed by atoms with Gasteiger partial charge in [-0.1, -0.05) is 0 Å². The minimum atomic E-state index is 0.139. The highest BCUT2D eigenvalue weighted by atomic mass is 79.9. The van der Waals surface area contributed by atoms with Crippen LogP contribution in [-0.2, 0) is 4.79 Å². The lowest BCUT2D eigenvalue weighted by Gasteiger charge is -2.26. The van der Waals surface area contributed by atoms with Crippen molar-refractivity contribution < 1.29 is 4.79 Å². The third-order valence-electron chi connectivity index (χ3n) is 3.10. The maximum atomic E-state index is 12.3. The van der Waals surface area contributed by atoms with Gasteiger partial charge in [0.2, 0.25) is 5.91 Å². The van der Waals surface area contributed by atoms with Gasteiger partial charge in [-0.3, -0.25) is 9.78 Å². The fourth-order valence-electron chi connectivity index (χ4n) is 2.05. The Hall–Kier alpha value is -0.940. The molecule has 4 nitrogen and oxygen atoms in total. The zero-order chi connectivity index (χ0) is 12.3. The quantitative estimate of drug-likeness (QED) is 0.905. The molecule has 0 aromatic carbocycles. The van der Waals surface area contributed by atoms with Crippen LogP contribution in [0.5, 0.6) is 0 Å². The van der Waals surface area contributed by atoms with Crippen LogP contribution in [0.3, 0.4) is 0 Å². The highest BCUT2D eigenvalue weighted by Crippen LogP contribution is 2.21. The third kappa shape index (κ3) is 3.04. The number of halogens is 1. The number of carbonyl (C=O) groups excluding carboxylic acids is 1. The normalized spacial score (nSPS) is 16.8. The van der Waals surface area contributed by atoms with Crippen LogP contribution in [0.4, 0.5) is 5.69 Å². The van der Waals surface area contributed by atoms with Crippen molar-refractivity contribution >= 4 is 27.5 Å².